The predicted molar refractivity (Wildman–Crippen MR) is 107 cm³/mol. The molecule has 0 saturated heterocycles. The van der Waals surface area contributed by atoms with Crippen molar-refractivity contribution in [3.8, 4) is 16.9 Å². The van der Waals surface area contributed by atoms with Gasteiger partial charge < -0.3 is 9.94 Å². The molecule has 0 aliphatic heterocycles. The van der Waals surface area contributed by atoms with Crippen molar-refractivity contribution in [1.29, 1.82) is 0 Å². The van der Waals surface area contributed by atoms with Crippen molar-refractivity contribution in [2.75, 3.05) is 5.48 Å². The molecule has 0 radical (unpaired) electrons. The van der Waals surface area contributed by atoms with Gasteiger partial charge in [0.25, 0.3) is 0 Å². The third kappa shape index (κ3) is 3.46. The molecule has 2 N–H and O–H groups in total. The van der Waals surface area contributed by atoms with Crippen LogP contribution < -0.4 is 5.48 Å². The molecule has 4 aromatic carbocycles. The first-order chi connectivity index (χ1) is 13.2. The molecule has 0 unspecified atom stereocenters. The Labute approximate surface area is 156 Å². The molecule has 4 heteroatoms. The third-order valence-corrected chi connectivity index (χ3v) is 4.35. The van der Waals surface area contributed by atoms with Gasteiger partial charge in [-0.25, -0.2) is 10.3 Å². The summed E-state index contributed by atoms with van der Waals surface area (Å²) in [5.41, 5.74) is 5.41. The number of nitrogens with one attached hydrogen (secondary N) is 1. The van der Waals surface area contributed by atoms with Crippen LogP contribution in [0.5, 0.6) is 5.75 Å². The first-order valence-corrected chi connectivity index (χ1v) is 8.56. The first-order valence-electron chi connectivity index (χ1n) is 8.56. The number of hydrogen-bond donors (Lipinski definition) is 2. The first kappa shape index (κ1) is 16.7. The molecule has 4 nitrogen and oxygen atoms in total. The van der Waals surface area contributed by atoms with Crippen molar-refractivity contribution in [2.24, 2.45) is 0 Å². The number of carbonyl (C=O) groups is 1. The van der Waals surface area contributed by atoms with E-state index in [0.717, 1.165) is 21.9 Å². The van der Waals surface area contributed by atoms with Crippen LogP contribution in [0.1, 0.15) is 10.4 Å². The van der Waals surface area contributed by atoms with E-state index in [9.17, 15) is 9.90 Å². The van der Waals surface area contributed by atoms with Crippen molar-refractivity contribution >= 4 is 22.4 Å². The van der Waals surface area contributed by atoms with Crippen molar-refractivity contribution in [3.63, 3.8) is 0 Å². The van der Waals surface area contributed by atoms with Crippen molar-refractivity contribution in [1.82, 2.24) is 0 Å². The van der Waals surface area contributed by atoms with Crippen LogP contribution in [0.15, 0.2) is 91.0 Å². The lowest BCUT2D eigenvalue weighted by Crippen LogP contribution is -2.11. The van der Waals surface area contributed by atoms with Gasteiger partial charge in [-0.1, -0.05) is 72.8 Å². The van der Waals surface area contributed by atoms with E-state index < -0.39 is 5.97 Å². The molecular weight excluding hydrogens is 338 g/mol. The lowest BCUT2D eigenvalue weighted by atomic mass is 10.0. The molecule has 27 heavy (non-hydrogen) atoms. The molecule has 4 rings (SSSR count). The molecule has 0 aliphatic rings. The third-order valence-electron chi connectivity index (χ3n) is 4.35. The molecule has 0 bridgehead atoms. The van der Waals surface area contributed by atoms with Gasteiger partial charge in [-0.15, -0.1) is 0 Å². The van der Waals surface area contributed by atoms with Gasteiger partial charge in [0, 0.05) is 5.56 Å². The Hall–Kier alpha value is -3.79. The number of benzene rings is 4. The smallest absolute Gasteiger partial charge is 0.366 e. The molecule has 0 aliphatic carbocycles. The van der Waals surface area contributed by atoms with E-state index in [1.807, 2.05) is 78.9 Å². The minimum atomic E-state index is -0.652. The standard InChI is InChI=1S/C23H17NO3/c25-22-15-18-11-5-4-10-17(18)14-20(22)23(26)27-24-21-13-7-6-12-19(21)16-8-2-1-3-9-16/h1-15,24-25H. The fraction of sp³-hybridized carbons (Fsp3) is 0. The Bertz CT molecular complexity index is 1110. The lowest BCUT2D eigenvalue weighted by Gasteiger charge is -2.12. The molecule has 0 aromatic heterocycles. The zero-order valence-corrected chi connectivity index (χ0v) is 14.4. The van der Waals surface area contributed by atoms with Gasteiger partial charge in [0.15, 0.2) is 0 Å². The van der Waals surface area contributed by atoms with Crippen LogP contribution >= 0.6 is 0 Å². The summed E-state index contributed by atoms with van der Waals surface area (Å²) in [5, 5.41) is 11.9. The second-order valence-corrected chi connectivity index (χ2v) is 6.12. The van der Waals surface area contributed by atoms with Crippen molar-refractivity contribution in [3.05, 3.63) is 96.6 Å². The fourth-order valence-electron chi connectivity index (χ4n) is 2.99. The van der Waals surface area contributed by atoms with Crippen LogP contribution in [-0.2, 0) is 4.84 Å². The Morgan fingerprint density at radius 2 is 1.41 bits per heavy atom. The summed E-state index contributed by atoms with van der Waals surface area (Å²) < 4.78 is 0. The second kappa shape index (κ2) is 7.22. The molecule has 0 amide bonds. The molecule has 4 aromatic rings. The normalized spacial score (nSPS) is 10.5. The van der Waals surface area contributed by atoms with Crippen LogP contribution in [0.4, 0.5) is 5.69 Å². The van der Waals surface area contributed by atoms with Gasteiger partial charge in [0.2, 0.25) is 0 Å². The van der Waals surface area contributed by atoms with Gasteiger partial charge >= 0.3 is 5.97 Å². The van der Waals surface area contributed by atoms with Crippen LogP contribution in [0.2, 0.25) is 0 Å². The number of phenolic OH excluding ortho intramolecular Hbond substituents is 1. The number of para-hydroxylation sites is 1. The summed E-state index contributed by atoms with van der Waals surface area (Å²) in [6.45, 7) is 0. The lowest BCUT2D eigenvalue weighted by molar-refractivity contribution is 0.0593. The number of carbonyl (C=O) groups excluding carboxylic acids is 1. The highest BCUT2D eigenvalue weighted by Gasteiger charge is 2.15. The average Bonchev–Trinajstić information content (AvgIpc) is 2.72. The summed E-state index contributed by atoms with van der Waals surface area (Å²) in [6.07, 6.45) is 0. The molecule has 132 valence electrons. The maximum Gasteiger partial charge on any atom is 0.366 e. The van der Waals surface area contributed by atoms with E-state index in [1.165, 1.54) is 0 Å². The molecule has 0 spiro atoms. The van der Waals surface area contributed by atoms with E-state index >= 15 is 0 Å². The second-order valence-electron chi connectivity index (χ2n) is 6.12. The Balaban J connectivity index is 1.58. The van der Waals surface area contributed by atoms with E-state index in [-0.39, 0.29) is 11.3 Å². The Kier molecular flexibility index (Phi) is 4.45. The maximum atomic E-state index is 12.5. The number of fused-ring (bicyclic) bond motifs is 1. The zero-order valence-electron chi connectivity index (χ0n) is 14.4. The summed E-state index contributed by atoms with van der Waals surface area (Å²) in [6, 6.07) is 28.1. The molecule has 0 fully saturated rings. The molecule has 0 saturated carbocycles. The summed E-state index contributed by atoms with van der Waals surface area (Å²) in [5.74, 6) is -0.766. The minimum Gasteiger partial charge on any atom is -0.507 e. The highest BCUT2D eigenvalue weighted by molar-refractivity contribution is 5.99. The van der Waals surface area contributed by atoms with Crippen LogP contribution in [0.25, 0.3) is 21.9 Å². The van der Waals surface area contributed by atoms with Gasteiger partial charge in [0.05, 0.1) is 5.69 Å². The van der Waals surface area contributed by atoms with Crippen molar-refractivity contribution in [2.45, 2.75) is 0 Å². The highest BCUT2D eigenvalue weighted by Crippen LogP contribution is 2.29. The number of rotatable bonds is 4. The summed E-state index contributed by atoms with van der Waals surface area (Å²) in [7, 11) is 0. The predicted octanol–water partition coefficient (Wildman–Crippen LogP) is 5.40. The van der Waals surface area contributed by atoms with Crippen LogP contribution in [0.3, 0.4) is 0 Å². The van der Waals surface area contributed by atoms with E-state index in [2.05, 4.69) is 5.48 Å². The number of hydrogen-bond acceptors (Lipinski definition) is 4. The topological polar surface area (TPSA) is 58.6 Å². The van der Waals surface area contributed by atoms with Crippen LogP contribution in [0, 0.1) is 0 Å². The number of aromatic hydroxyl groups is 1. The maximum absolute atomic E-state index is 12.5. The van der Waals surface area contributed by atoms with Crippen LogP contribution in [-0.4, -0.2) is 11.1 Å². The summed E-state index contributed by atoms with van der Waals surface area (Å²) in [4.78, 5) is 17.7. The van der Waals surface area contributed by atoms with E-state index in [1.54, 1.807) is 12.1 Å². The van der Waals surface area contributed by atoms with Gasteiger partial charge in [-0.2, -0.15) is 0 Å². The quantitative estimate of drug-likeness (QED) is 0.482. The zero-order chi connectivity index (χ0) is 18.6. The molecular formula is C23H17NO3. The Morgan fingerprint density at radius 1 is 0.778 bits per heavy atom. The van der Waals surface area contributed by atoms with Crippen molar-refractivity contribution < 1.29 is 14.7 Å². The van der Waals surface area contributed by atoms with Gasteiger partial charge in [0.1, 0.15) is 11.3 Å². The Morgan fingerprint density at radius 3 is 2.19 bits per heavy atom. The average molecular weight is 355 g/mol. The minimum absolute atomic E-state index is 0.110. The van der Waals surface area contributed by atoms with E-state index in [4.69, 9.17) is 4.84 Å². The highest BCUT2D eigenvalue weighted by atomic mass is 16.7. The van der Waals surface area contributed by atoms with E-state index in [0.29, 0.717) is 5.69 Å². The number of anilines is 1. The largest absolute Gasteiger partial charge is 0.507 e. The van der Waals surface area contributed by atoms with Gasteiger partial charge in [-0.3, -0.25) is 0 Å². The molecule has 0 heterocycles. The fourth-order valence-corrected chi connectivity index (χ4v) is 2.99. The summed E-state index contributed by atoms with van der Waals surface area (Å²) >= 11 is 0. The number of phenols is 1. The van der Waals surface area contributed by atoms with Gasteiger partial charge in [-0.05, 0) is 34.5 Å². The molecule has 0 atom stereocenters. The monoisotopic (exact) mass is 355 g/mol. The SMILES string of the molecule is O=C(ONc1ccccc1-c1ccccc1)c1cc2ccccc2cc1O.